The molecule has 278 valence electrons. The third kappa shape index (κ3) is 40.1. The van der Waals surface area contributed by atoms with E-state index in [1.165, 1.54) is 32.1 Å². The Labute approximate surface area is 280 Å². The maximum atomic E-state index is 11.7. The van der Waals surface area contributed by atoms with Gasteiger partial charge in [0.25, 0.3) is 0 Å². The molecule has 0 radical (unpaired) electrons. The van der Waals surface area contributed by atoms with Gasteiger partial charge in [0.1, 0.15) is 19.8 Å². The summed E-state index contributed by atoms with van der Waals surface area (Å²) in [5.41, 5.74) is 0. The molecule has 0 saturated heterocycles. The van der Waals surface area contributed by atoms with Crippen LogP contribution in [-0.4, -0.2) is 155 Å². The molecular formula is C32H61NO14. The zero-order valence-electron chi connectivity index (χ0n) is 28.6. The van der Waals surface area contributed by atoms with E-state index in [0.29, 0.717) is 119 Å². The highest BCUT2D eigenvalue weighted by atomic mass is 16.6. The minimum Gasteiger partial charge on any atom is -0.480 e. The van der Waals surface area contributed by atoms with Gasteiger partial charge in [-0.2, -0.15) is 0 Å². The Hall–Kier alpha value is -1.95. The fraction of sp³-hybridized carbons (Fsp3) is 0.906. The summed E-state index contributed by atoms with van der Waals surface area (Å²) >= 11 is 0. The van der Waals surface area contributed by atoms with Gasteiger partial charge in [0.15, 0.2) is 0 Å². The lowest BCUT2D eigenvalue weighted by atomic mass is 10.1. The summed E-state index contributed by atoms with van der Waals surface area (Å²) < 4.78 is 53.2. The predicted molar refractivity (Wildman–Crippen MR) is 172 cm³/mol. The smallest absolute Gasteiger partial charge is 0.329 e. The Morgan fingerprint density at radius 1 is 0.468 bits per heavy atom. The molecule has 0 saturated carbocycles. The van der Waals surface area contributed by atoms with Crippen LogP contribution in [0.15, 0.2) is 0 Å². The first-order valence-corrected chi connectivity index (χ1v) is 16.9. The van der Waals surface area contributed by atoms with Crippen LogP contribution in [0.2, 0.25) is 0 Å². The van der Waals surface area contributed by atoms with Crippen molar-refractivity contribution in [3.63, 3.8) is 0 Å². The lowest BCUT2D eigenvalue weighted by Gasteiger charge is -2.09. The lowest BCUT2D eigenvalue weighted by Crippen LogP contribution is -2.31. The summed E-state index contributed by atoms with van der Waals surface area (Å²) in [7, 11) is 0. The van der Waals surface area contributed by atoms with Gasteiger partial charge < -0.3 is 57.8 Å². The zero-order chi connectivity index (χ0) is 34.3. The van der Waals surface area contributed by atoms with Crippen molar-refractivity contribution in [2.24, 2.45) is 0 Å². The van der Waals surface area contributed by atoms with Crippen molar-refractivity contribution in [3.8, 4) is 0 Å². The molecule has 0 aliphatic heterocycles. The molecule has 0 rings (SSSR count). The van der Waals surface area contributed by atoms with Gasteiger partial charge in [0, 0.05) is 13.0 Å². The summed E-state index contributed by atoms with van der Waals surface area (Å²) in [6.45, 7) is 8.94. The second-order valence-corrected chi connectivity index (χ2v) is 10.2. The number of amides is 1. The molecule has 0 aliphatic rings. The Morgan fingerprint density at radius 3 is 1.28 bits per heavy atom. The molecule has 1 amide bonds. The predicted octanol–water partition coefficient (Wildman–Crippen LogP) is 2.02. The van der Waals surface area contributed by atoms with E-state index in [1.807, 2.05) is 0 Å². The van der Waals surface area contributed by atoms with E-state index >= 15 is 0 Å². The monoisotopic (exact) mass is 683 g/mol. The highest BCUT2D eigenvalue weighted by molar-refractivity contribution is 5.77. The standard InChI is InChI=1S/C32H61NO14/c1-2-3-4-5-6-7-8-9-32(37)47-27-26-45-25-24-44-23-22-43-21-20-42-19-18-41-17-16-40-15-14-39-13-12-38-11-10-33-30(34)28-46-29-31(35)36/h2-29H2,1H3,(H,33,34)(H,35,36). The second-order valence-electron chi connectivity index (χ2n) is 10.2. The fourth-order valence-electron chi connectivity index (χ4n) is 3.70. The Morgan fingerprint density at radius 2 is 0.851 bits per heavy atom. The van der Waals surface area contributed by atoms with Crippen LogP contribution in [0.3, 0.4) is 0 Å². The summed E-state index contributed by atoms with van der Waals surface area (Å²) in [6, 6.07) is 0. The number of carbonyl (C=O) groups excluding carboxylic acids is 2. The van der Waals surface area contributed by atoms with E-state index in [2.05, 4.69) is 17.0 Å². The second kappa shape index (κ2) is 38.5. The van der Waals surface area contributed by atoms with Gasteiger partial charge in [-0.3, -0.25) is 9.59 Å². The third-order valence-corrected chi connectivity index (χ3v) is 6.11. The van der Waals surface area contributed by atoms with Crippen LogP contribution >= 0.6 is 0 Å². The first-order valence-electron chi connectivity index (χ1n) is 16.9. The molecule has 0 aliphatic carbocycles. The van der Waals surface area contributed by atoms with Crippen LogP contribution in [0.25, 0.3) is 0 Å². The molecule has 15 nitrogen and oxygen atoms in total. The van der Waals surface area contributed by atoms with E-state index in [-0.39, 0.29) is 19.2 Å². The normalized spacial score (nSPS) is 11.2. The van der Waals surface area contributed by atoms with E-state index in [9.17, 15) is 14.4 Å². The average molecular weight is 684 g/mol. The van der Waals surface area contributed by atoms with Gasteiger partial charge in [-0.25, -0.2) is 4.79 Å². The summed E-state index contributed by atoms with van der Waals surface area (Å²) in [5, 5.41) is 11.0. The number of aliphatic carboxylic acids is 1. The van der Waals surface area contributed by atoms with Crippen LogP contribution in [0.5, 0.6) is 0 Å². The molecule has 15 heteroatoms. The SMILES string of the molecule is CCCCCCCCCC(=O)OCCOCCOCCOCCOCCOCCOCCOCCOCCNC(=O)COCC(=O)O. The molecule has 0 heterocycles. The quantitative estimate of drug-likeness (QED) is 0.0711. The first kappa shape index (κ1) is 45.0. The minimum absolute atomic E-state index is 0.151. The number of unbranched alkanes of at least 4 members (excludes halogenated alkanes) is 6. The molecule has 0 aromatic carbocycles. The molecule has 2 N–H and O–H groups in total. The summed E-state index contributed by atoms with van der Waals surface area (Å²) in [5.74, 6) is -1.67. The van der Waals surface area contributed by atoms with E-state index in [4.69, 9.17) is 47.7 Å². The number of carboxylic acid groups (broad SMARTS) is 1. The van der Waals surface area contributed by atoms with Crippen molar-refractivity contribution in [1.82, 2.24) is 5.32 Å². The van der Waals surface area contributed by atoms with Gasteiger partial charge >= 0.3 is 11.9 Å². The van der Waals surface area contributed by atoms with E-state index in [1.54, 1.807) is 0 Å². The number of hydrogen-bond acceptors (Lipinski definition) is 13. The molecule has 0 aromatic heterocycles. The largest absolute Gasteiger partial charge is 0.480 e. The van der Waals surface area contributed by atoms with Crippen LogP contribution in [0.4, 0.5) is 0 Å². The molecule has 47 heavy (non-hydrogen) atoms. The number of esters is 1. The topological polar surface area (TPSA) is 176 Å². The number of nitrogens with one attached hydrogen (secondary N) is 1. The molecular weight excluding hydrogens is 622 g/mol. The first-order chi connectivity index (χ1) is 23.1. The number of ether oxygens (including phenoxy) is 10. The van der Waals surface area contributed by atoms with Crippen LogP contribution < -0.4 is 5.32 Å². The van der Waals surface area contributed by atoms with Crippen LogP contribution in [0.1, 0.15) is 58.3 Å². The molecule has 0 spiro atoms. The minimum atomic E-state index is -1.12. The Balaban J connectivity index is 3.14. The van der Waals surface area contributed by atoms with Gasteiger partial charge in [-0.05, 0) is 6.42 Å². The molecule has 0 fully saturated rings. The van der Waals surface area contributed by atoms with Crippen molar-refractivity contribution in [2.75, 3.05) is 132 Å². The van der Waals surface area contributed by atoms with E-state index in [0.717, 1.165) is 12.8 Å². The average Bonchev–Trinajstić information content (AvgIpc) is 3.05. The summed E-state index contributed by atoms with van der Waals surface area (Å²) in [6.07, 6.45) is 8.73. The van der Waals surface area contributed by atoms with Crippen molar-refractivity contribution in [2.45, 2.75) is 58.3 Å². The Kier molecular flexibility index (Phi) is 36.9. The zero-order valence-corrected chi connectivity index (χ0v) is 28.6. The van der Waals surface area contributed by atoms with E-state index < -0.39 is 18.5 Å². The van der Waals surface area contributed by atoms with Crippen molar-refractivity contribution >= 4 is 17.8 Å². The molecule has 0 atom stereocenters. The van der Waals surface area contributed by atoms with Crippen LogP contribution in [0, 0.1) is 0 Å². The number of rotatable bonds is 39. The summed E-state index contributed by atoms with van der Waals surface area (Å²) in [4.78, 5) is 33.3. The highest BCUT2D eigenvalue weighted by Gasteiger charge is 2.04. The molecule has 0 aromatic rings. The van der Waals surface area contributed by atoms with Crippen molar-refractivity contribution in [3.05, 3.63) is 0 Å². The highest BCUT2D eigenvalue weighted by Crippen LogP contribution is 2.08. The van der Waals surface area contributed by atoms with Crippen LogP contribution in [-0.2, 0) is 61.8 Å². The maximum Gasteiger partial charge on any atom is 0.329 e. The van der Waals surface area contributed by atoms with Gasteiger partial charge in [0.05, 0.1) is 106 Å². The van der Waals surface area contributed by atoms with Gasteiger partial charge in [0.2, 0.25) is 5.91 Å². The van der Waals surface area contributed by atoms with Crippen molar-refractivity contribution in [1.29, 1.82) is 0 Å². The number of carboxylic acids is 1. The maximum absolute atomic E-state index is 11.7. The third-order valence-electron chi connectivity index (χ3n) is 6.11. The number of hydrogen-bond donors (Lipinski definition) is 2. The Bertz CT molecular complexity index is 701. The van der Waals surface area contributed by atoms with Gasteiger partial charge in [-0.1, -0.05) is 45.4 Å². The molecule has 0 bridgehead atoms. The van der Waals surface area contributed by atoms with Crippen molar-refractivity contribution < 1.29 is 66.9 Å². The molecule has 0 unspecified atom stereocenters. The lowest BCUT2D eigenvalue weighted by molar-refractivity contribution is -0.146. The number of carbonyl (C=O) groups is 3. The fourth-order valence-corrected chi connectivity index (χ4v) is 3.70. The van der Waals surface area contributed by atoms with Gasteiger partial charge in [-0.15, -0.1) is 0 Å².